The zero-order chi connectivity index (χ0) is 11.5. The van der Waals surface area contributed by atoms with Gasteiger partial charge in [-0.25, -0.2) is 0 Å². The Bertz CT molecular complexity index is 284. The molecule has 6 heteroatoms. The topological polar surface area (TPSA) is 42.4 Å². The van der Waals surface area contributed by atoms with Crippen molar-refractivity contribution in [2.75, 3.05) is 13.6 Å². The van der Waals surface area contributed by atoms with Gasteiger partial charge in [-0.1, -0.05) is 0 Å². The van der Waals surface area contributed by atoms with Gasteiger partial charge < -0.3 is 10.2 Å². The lowest BCUT2D eigenvalue weighted by Crippen LogP contribution is -2.47. The fourth-order valence-electron chi connectivity index (χ4n) is 1.34. The van der Waals surface area contributed by atoms with Gasteiger partial charge in [-0.3, -0.25) is 4.90 Å². The molecule has 0 saturated carbocycles. The Kier molecular flexibility index (Phi) is 3.76. The third-order valence-corrected chi connectivity index (χ3v) is 2.15. The summed E-state index contributed by atoms with van der Waals surface area (Å²) in [5.41, 5.74) is 5.80. The highest BCUT2D eigenvalue weighted by molar-refractivity contribution is 5.05. The van der Waals surface area contributed by atoms with Crippen molar-refractivity contribution in [3.8, 4) is 0 Å². The highest BCUT2D eigenvalue weighted by Gasteiger charge is 2.41. The van der Waals surface area contributed by atoms with E-state index < -0.39 is 18.8 Å². The number of hydrogen-bond acceptors (Lipinski definition) is 3. The fourth-order valence-corrected chi connectivity index (χ4v) is 1.34. The first-order valence-corrected chi connectivity index (χ1v) is 4.43. The smallest absolute Gasteiger partial charge is 0.405 e. The van der Waals surface area contributed by atoms with E-state index in [-0.39, 0.29) is 6.54 Å². The van der Waals surface area contributed by atoms with Crippen LogP contribution in [0.1, 0.15) is 5.56 Å². The van der Waals surface area contributed by atoms with Gasteiger partial charge in [-0.05, 0) is 13.1 Å². The quantitative estimate of drug-likeness (QED) is 0.841. The Morgan fingerprint density at radius 3 is 2.60 bits per heavy atom. The molecule has 0 aromatic carbocycles. The summed E-state index contributed by atoms with van der Waals surface area (Å²) in [4.78, 5) is 1.16. The van der Waals surface area contributed by atoms with Crippen LogP contribution in [-0.4, -0.2) is 30.7 Å². The number of likely N-dealkylation sites (N-methyl/N-ethyl adjacent to an activating group) is 1. The number of nitrogens with zero attached hydrogens (tertiary/aromatic N) is 1. The third-order valence-electron chi connectivity index (χ3n) is 2.15. The van der Waals surface area contributed by atoms with E-state index in [1.807, 2.05) is 0 Å². The van der Waals surface area contributed by atoms with Crippen molar-refractivity contribution in [3.63, 3.8) is 0 Å². The molecule has 0 aliphatic carbocycles. The van der Waals surface area contributed by atoms with Crippen LogP contribution < -0.4 is 5.73 Å². The van der Waals surface area contributed by atoms with Crippen LogP contribution >= 0.6 is 0 Å². The molecule has 3 nitrogen and oxygen atoms in total. The molecule has 1 unspecified atom stereocenters. The third kappa shape index (κ3) is 3.24. The largest absolute Gasteiger partial charge is 0.472 e. The monoisotopic (exact) mass is 222 g/mol. The summed E-state index contributed by atoms with van der Waals surface area (Å²) in [6.07, 6.45) is -1.46. The number of furan rings is 1. The van der Waals surface area contributed by atoms with E-state index in [1.54, 1.807) is 6.07 Å². The number of alkyl halides is 3. The van der Waals surface area contributed by atoms with E-state index in [1.165, 1.54) is 19.6 Å². The predicted molar refractivity (Wildman–Crippen MR) is 49.1 cm³/mol. The Labute approximate surface area is 85.6 Å². The molecule has 0 amide bonds. The highest BCUT2D eigenvalue weighted by Crippen LogP contribution is 2.24. The first-order chi connectivity index (χ1) is 6.95. The number of rotatable bonds is 4. The molecule has 0 aliphatic heterocycles. The molecule has 2 N–H and O–H groups in total. The molecule has 1 aromatic heterocycles. The van der Waals surface area contributed by atoms with Gasteiger partial charge in [-0.2, -0.15) is 13.2 Å². The minimum absolute atomic E-state index is 0.165. The fraction of sp³-hybridized carbons (Fsp3) is 0.556. The molecule has 86 valence electrons. The first kappa shape index (κ1) is 12.1. The van der Waals surface area contributed by atoms with Crippen molar-refractivity contribution in [3.05, 3.63) is 24.2 Å². The maximum atomic E-state index is 12.5. The molecule has 1 aromatic rings. The van der Waals surface area contributed by atoms with E-state index in [0.29, 0.717) is 5.56 Å². The second-order valence-electron chi connectivity index (χ2n) is 3.34. The van der Waals surface area contributed by atoms with E-state index in [4.69, 9.17) is 10.2 Å². The zero-order valence-corrected chi connectivity index (χ0v) is 8.29. The van der Waals surface area contributed by atoms with Crippen molar-refractivity contribution >= 4 is 0 Å². The first-order valence-electron chi connectivity index (χ1n) is 4.43. The van der Waals surface area contributed by atoms with E-state index in [2.05, 4.69) is 0 Å². The highest BCUT2D eigenvalue weighted by atomic mass is 19.4. The second kappa shape index (κ2) is 4.67. The number of hydrogen-bond donors (Lipinski definition) is 1. The summed E-state index contributed by atoms with van der Waals surface area (Å²) in [6.45, 7) is -0.282. The average molecular weight is 222 g/mol. The van der Waals surface area contributed by atoms with Gasteiger partial charge in [-0.15, -0.1) is 0 Å². The van der Waals surface area contributed by atoms with Crippen molar-refractivity contribution in [1.29, 1.82) is 0 Å². The molecule has 1 rings (SSSR count). The SMILES string of the molecule is CN(Cc1ccoc1)C(CN)C(F)(F)F. The van der Waals surface area contributed by atoms with Crippen molar-refractivity contribution in [1.82, 2.24) is 4.90 Å². The molecule has 1 heterocycles. The molecule has 15 heavy (non-hydrogen) atoms. The molecule has 0 saturated heterocycles. The van der Waals surface area contributed by atoms with Crippen LogP contribution in [-0.2, 0) is 6.54 Å². The van der Waals surface area contributed by atoms with Gasteiger partial charge in [0.1, 0.15) is 6.04 Å². The number of nitrogens with two attached hydrogens (primary N) is 1. The molecule has 0 fully saturated rings. The van der Waals surface area contributed by atoms with Gasteiger partial charge in [0.2, 0.25) is 0 Å². The minimum Gasteiger partial charge on any atom is -0.472 e. The van der Waals surface area contributed by atoms with Gasteiger partial charge in [0.15, 0.2) is 0 Å². The molecule has 0 bridgehead atoms. The van der Waals surface area contributed by atoms with Crippen molar-refractivity contribution in [2.24, 2.45) is 5.73 Å². The standard InChI is InChI=1S/C9H13F3N2O/c1-14(5-7-2-3-15-6-7)8(4-13)9(10,11)12/h2-3,6,8H,4-5,13H2,1H3. The van der Waals surface area contributed by atoms with Crippen LogP contribution in [0, 0.1) is 0 Å². The average Bonchev–Trinajstić information content (AvgIpc) is 2.54. The summed E-state index contributed by atoms with van der Waals surface area (Å²) in [6, 6.07) is 0.00730. The Hall–Kier alpha value is -1.01. The van der Waals surface area contributed by atoms with E-state index >= 15 is 0 Å². The second-order valence-corrected chi connectivity index (χ2v) is 3.34. The molecular formula is C9H13F3N2O. The maximum absolute atomic E-state index is 12.5. The summed E-state index contributed by atoms with van der Waals surface area (Å²) >= 11 is 0. The Balaban J connectivity index is 2.62. The lowest BCUT2D eigenvalue weighted by atomic mass is 10.2. The van der Waals surface area contributed by atoms with Gasteiger partial charge in [0.25, 0.3) is 0 Å². The minimum atomic E-state index is -4.30. The molecule has 0 aliphatic rings. The summed E-state index contributed by atoms with van der Waals surface area (Å²) in [5, 5.41) is 0. The van der Waals surface area contributed by atoms with Crippen LogP contribution in [0.5, 0.6) is 0 Å². The Morgan fingerprint density at radius 2 is 2.20 bits per heavy atom. The van der Waals surface area contributed by atoms with Crippen LogP contribution in [0.3, 0.4) is 0 Å². The van der Waals surface area contributed by atoms with E-state index in [9.17, 15) is 13.2 Å². The van der Waals surface area contributed by atoms with Crippen LogP contribution in [0.15, 0.2) is 23.0 Å². The Morgan fingerprint density at radius 1 is 1.53 bits per heavy atom. The molecule has 1 atom stereocenters. The van der Waals surface area contributed by atoms with Crippen molar-refractivity contribution in [2.45, 2.75) is 18.8 Å². The van der Waals surface area contributed by atoms with Crippen molar-refractivity contribution < 1.29 is 17.6 Å². The van der Waals surface area contributed by atoms with Crippen LogP contribution in [0.4, 0.5) is 13.2 Å². The molecule has 0 radical (unpaired) electrons. The summed E-state index contributed by atoms with van der Waals surface area (Å²) in [5.74, 6) is 0. The van der Waals surface area contributed by atoms with Crippen LogP contribution in [0.25, 0.3) is 0 Å². The number of halogens is 3. The van der Waals surface area contributed by atoms with Crippen LogP contribution in [0.2, 0.25) is 0 Å². The molecule has 0 spiro atoms. The predicted octanol–water partition coefficient (Wildman–Crippen LogP) is 1.60. The summed E-state index contributed by atoms with van der Waals surface area (Å²) < 4.78 is 42.1. The van der Waals surface area contributed by atoms with Gasteiger partial charge >= 0.3 is 6.18 Å². The zero-order valence-electron chi connectivity index (χ0n) is 8.29. The summed E-state index contributed by atoms with van der Waals surface area (Å²) in [7, 11) is 1.39. The lowest BCUT2D eigenvalue weighted by molar-refractivity contribution is -0.178. The lowest BCUT2D eigenvalue weighted by Gasteiger charge is -2.28. The van der Waals surface area contributed by atoms with E-state index in [0.717, 1.165) is 4.90 Å². The van der Waals surface area contributed by atoms with Gasteiger partial charge in [0.05, 0.1) is 12.5 Å². The van der Waals surface area contributed by atoms with Gasteiger partial charge in [0, 0.05) is 18.7 Å². The maximum Gasteiger partial charge on any atom is 0.405 e. The normalized spacial score (nSPS) is 14.5. The molecular weight excluding hydrogens is 209 g/mol.